The van der Waals surface area contributed by atoms with E-state index in [0.717, 1.165) is 0 Å². The third-order valence-corrected chi connectivity index (χ3v) is 0.544. The first-order chi connectivity index (χ1) is 3.13. The molecule has 1 radical (unpaired) electrons. The van der Waals surface area contributed by atoms with Crippen molar-refractivity contribution in [3.63, 3.8) is 0 Å². The Morgan fingerprint density at radius 3 is 1.11 bits per heavy atom. The maximum absolute atomic E-state index is 3.63. The standard InChI is InChI=1S/C7H11.W.Y/c1-6(2)5-7(3)4;;/h5-7H,1-4H2;;/q-5;;. The van der Waals surface area contributed by atoms with Crippen molar-refractivity contribution in [2.24, 2.45) is 11.8 Å². The number of rotatable bonds is 2. The molecule has 0 amide bonds. The van der Waals surface area contributed by atoms with Crippen LogP contribution in [0.4, 0.5) is 0 Å². The van der Waals surface area contributed by atoms with Gasteiger partial charge in [-0.05, 0) is 0 Å². The summed E-state index contributed by atoms with van der Waals surface area (Å²) in [6.07, 6.45) is 1.89. The molecule has 0 spiro atoms. The molecule has 0 aromatic rings. The molecule has 0 saturated carbocycles. The van der Waals surface area contributed by atoms with Crippen LogP contribution in [0.5, 0.6) is 0 Å². The largest absolute Gasteiger partial charge is 0.448 e. The molecule has 0 bridgehead atoms. The molecule has 0 aromatic heterocycles. The Bertz CT molecular complexity index is 38.2. The second-order valence-corrected chi connectivity index (χ2v) is 1.71. The molecular formula is C7H11WY-5. The van der Waals surface area contributed by atoms with E-state index < -0.39 is 0 Å². The molecule has 0 saturated heterocycles. The van der Waals surface area contributed by atoms with Gasteiger partial charge in [0.05, 0.1) is 0 Å². The smallest absolute Gasteiger partial charge is 0 e. The molecule has 53 valence electrons. The summed E-state index contributed by atoms with van der Waals surface area (Å²) in [7, 11) is 0. The van der Waals surface area contributed by atoms with Crippen molar-refractivity contribution < 1.29 is 53.8 Å². The van der Waals surface area contributed by atoms with Crippen molar-refractivity contribution >= 4 is 0 Å². The summed E-state index contributed by atoms with van der Waals surface area (Å²) in [4.78, 5) is 0. The van der Waals surface area contributed by atoms with E-state index >= 15 is 0 Å². The van der Waals surface area contributed by atoms with E-state index in [1.165, 1.54) is 0 Å². The number of hydrogen-bond donors (Lipinski definition) is 0. The van der Waals surface area contributed by atoms with Gasteiger partial charge < -0.3 is 46.0 Å². The molecule has 0 aliphatic heterocycles. The molecule has 0 aromatic carbocycles. The van der Waals surface area contributed by atoms with Gasteiger partial charge in [-0.3, -0.25) is 0 Å². The fourth-order valence-electron chi connectivity index (χ4n) is 0.385. The molecule has 0 nitrogen and oxygen atoms in total. The third kappa shape index (κ3) is 17.7. The summed E-state index contributed by atoms with van der Waals surface area (Å²) < 4.78 is 0. The fraction of sp³-hybridized carbons (Fsp3) is 0.286. The van der Waals surface area contributed by atoms with Gasteiger partial charge in [0.1, 0.15) is 0 Å². The fourth-order valence-corrected chi connectivity index (χ4v) is 0.385. The minimum Gasteiger partial charge on any atom is -0.448 e. The summed E-state index contributed by atoms with van der Waals surface area (Å²) in [6.45, 7) is 14.5. The first-order valence-electron chi connectivity index (χ1n) is 2.30. The van der Waals surface area contributed by atoms with E-state index in [2.05, 4.69) is 27.7 Å². The average Bonchev–Trinajstić information content (AvgIpc) is 1.27. The zero-order valence-electron chi connectivity index (χ0n) is 5.55. The monoisotopic (exact) mass is 368 g/mol. The molecule has 2 heteroatoms. The maximum Gasteiger partial charge on any atom is 0 e. The Balaban J connectivity index is -0.000000180. The van der Waals surface area contributed by atoms with Gasteiger partial charge in [-0.15, -0.1) is 0 Å². The van der Waals surface area contributed by atoms with Crippen molar-refractivity contribution in [1.82, 2.24) is 0 Å². The second-order valence-electron chi connectivity index (χ2n) is 1.71. The Kier molecular flexibility index (Phi) is 18.5. The van der Waals surface area contributed by atoms with E-state index in [9.17, 15) is 0 Å². The van der Waals surface area contributed by atoms with Crippen molar-refractivity contribution in [2.75, 3.05) is 0 Å². The SMILES string of the molecule is [CH2-]C([CH2-])[CH-]C([CH2-])[CH2-].[W].[Y]. The van der Waals surface area contributed by atoms with Gasteiger partial charge in [-0.2, -0.15) is 0 Å². The van der Waals surface area contributed by atoms with Crippen LogP contribution in [0.3, 0.4) is 0 Å². The van der Waals surface area contributed by atoms with E-state index in [1.807, 2.05) is 6.42 Å². The minimum absolute atomic E-state index is 0. The van der Waals surface area contributed by atoms with Crippen molar-refractivity contribution in [1.29, 1.82) is 0 Å². The topological polar surface area (TPSA) is 0 Å². The predicted octanol–water partition coefficient (Wildman–Crippen LogP) is 1.75. The molecule has 0 heterocycles. The van der Waals surface area contributed by atoms with Gasteiger partial charge in [0.2, 0.25) is 0 Å². The Morgan fingerprint density at radius 1 is 0.889 bits per heavy atom. The van der Waals surface area contributed by atoms with E-state index in [1.54, 1.807) is 0 Å². The molecule has 9 heavy (non-hydrogen) atoms. The number of hydrogen-bond acceptors (Lipinski definition) is 0. The summed E-state index contributed by atoms with van der Waals surface area (Å²) >= 11 is 0. The van der Waals surface area contributed by atoms with Crippen molar-refractivity contribution in [3.8, 4) is 0 Å². The van der Waals surface area contributed by atoms with Crippen LogP contribution in [0.1, 0.15) is 0 Å². The summed E-state index contributed by atoms with van der Waals surface area (Å²) in [5.41, 5.74) is 0. The van der Waals surface area contributed by atoms with Crippen LogP contribution in [0.2, 0.25) is 0 Å². The first kappa shape index (κ1) is 17.0. The van der Waals surface area contributed by atoms with Gasteiger partial charge >= 0.3 is 0 Å². The first-order valence-corrected chi connectivity index (χ1v) is 2.30. The molecule has 0 aliphatic carbocycles. The van der Waals surface area contributed by atoms with E-state index in [4.69, 9.17) is 0 Å². The zero-order chi connectivity index (χ0) is 5.86. The molecule has 0 fully saturated rings. The normalized spacial score (nSPS) is 8.67. The van der Waals surface area contributed by atoms with E-state index in [-0.39, 0.29) is 65.6 Å². The van der Waals surface area contributed by atoms with Crippen LogP contribution in [-0.2, 0) is 53.8 Å². The van der Waals surface area contributed by atoms with Crippen LogP contribution in [0.25, 0.3) is 0 Å². The molecule has 0 unspecified atom stereocenters. The quantitative estimate of drug-likeness (QED) is 0.652. The van der Waals surface area contributed by atoms with Gasteiger partial charge in [0.15, 0.2) is 0 Å². The molecular weight excluding hydrogens is 357 g/mol. The Morgan fingerprint density at radius 2 is 1.11 bits per heavy atom. The van der Waals surface area contributed by atoms with E-state index in [0.29, 0.717) is 0 Å². The molecule has 0 N–H and O–H groups in total. The van der Waals surface area contributed by atoms with Crippen LogP contribution in [-0.4, -0.2) is 0 Å². The van der Waals surface area contributed by atoms with Gasteiger partial charge in [0.25, 0.3) is 0 Å². The van der Waals surface area contributed by atoms with Gasteiger partial charge in [0, 0.05) is 53.8 Å². The van der Waals surface area contributed by atoms with Gasteiger partial charge in [-0.25, -0.2) is 0 Å². The maximum atomic E-state index is 3.63. The van der Waals surface area contributed by atoms with Crippen LogP contribution in [0.15, 0.2) is 0 Å². The van der Waals surface area contributed by atoms with Crippen LogP contribution < -0.4 is 0 Å². The van der Waals surface area contributed by atoms with Gasteiger partial charge in [-0.1, -0.05) is 0 Å². The Hall–Kier alpha value is 1.79. The Labute approximate surface area is 98.7 Å². The van der Waals surface area contributed by atoms with Crippen LogP contribution in [0, 0.1) is 46.0 Å². The second kappa shape index (κ2) is 9.79. The van der Waals surface area contributed by atoms with Crippen LogP contribution >= 0.6 is 0 Å². The molecule has 0 atom stereocenters. The zero-order valence-corrected chi connectivity index (χ0v) is 11.3. The molecule has 0 rings (SSSR count). The van der Waals surface area contributed by atoms with Crippen molar-refractivity contribution in [3.05, 3.63) is 34.1 Å². The van der Waals surface area contributed by atoms with Crippen molar-refractivity contribution in [2.45, 2.75) is 0 Å². The summed E-state index contributed by atoms with van der Waals surface area (Å²) in [5, 5.41) is 0. The summed E-state index contributed by atoms with van der Waals surface area (Å²) in [5.74, 6) is 0.250. The average molecular weight is 368 g/mol. The summed E-state index contributed by atoms with van der Waals surface area (Å²) in [6, 6.07) is 0. The molecule has 0 aliphatic rings. The predicted molar refractivity (Wildman–Crippen MR) is 32.7 cm³/mol. The minimum atomic E-state index is 0. The third-order valence-electron chi connectivity index (χ3n) is 0.544.